The number of hydrogen-bond donors (Lipinski definition) is 2. The molecule has 0 aliphatic carbocycles. The standard InChI is InChI=1S/C18H23N3O3S/c1-3-21(4-2)12-6-11-19-25(23,24)16-10-9-15-17-13(16)7-5-8-14(17)18(22)20-15/h5,7-10,19H,3-4,6,11-12H2,1-2H3,(H,20,22). The van der Waals surface area contributed by atoms with Crippen LogP contribution in [0.5, 0.6) is 0 Å². The first kappa shape index (κ1) is 17.8. The van der Waals surface area contributed by atoms with Crippen molar-refractivity contribution in [3.63, 3.8) is 0 Å². The van der Waals surface area contributed by atoms with E-state index in [4.69, 9.17) is 0 Å². The summed E-state index contributed by atoms with van der Waals surface area (Å²) >= 11 is 0. The number of carbonyl (C=O) groups is 1. The van der Waals surface area contributed by atoms with E-state index in [1.807, 2.05) is 0 Å². The van der Waals surface area contributed by atoms with Crippen LogP contribution in [0, 0.1) is 0 Å². The van der Waals surface area contributed by atoms with Crippen molar-refractivity contribution in [2.45, 2.75) is 25.2 Å². The molecule has 1 amide bonds. The lowest BCUT2D eigenvalue weighted by molar-refractivity contribution is 0.103. The fourth-order valence-electron chi connectivity index (χ4n) is 3.22. The topological polar surface area (TPSA) is 78.5 Å². The molecular formula is C18H23N3O3S. The van der Waals surface area contributed by atoms with Gasteiger partial charge in [0.05, 0.1) is 4.90 Å². The monoisotopic (exact) mass is 361 g/mol. The van der Waals surface area contributed by atoms with Crippen LogP contribution in [0.15, 0.2) is 35.2 Å². The Morgan fingerprint density at radius 1 is 1.12 bits per heavy atom. The van der Waals surface area contributed by atoms with Crippen molar-refractivity contribution in [1.29, 1.82) is 0 Å². The normalized spacial score (nSPS) is 13.6. The first-order valence-electron chi connectivity index (χ1n) is 8.57. The van der Waals surface area contributed by atoms with E-state index in [-0.39, 0.29) is 10.8 Å². The smallest absolute Gasteiger partial charge is 0.256 e. The SMILES string of the molecule is CCN(CC)CCCNS(=O)(=O)c1ccc2c3c(cccc13)C(=O)N2. The van der Waals surface area contributed by atoms with Crippen LogP contribution in [-0.4, -0.2) is 45.4 Å². The van der Waals surface area contributed by atoms with Crippen LogP contribution in [-0.2, 0) is 10.0 Å². The summed E-state index contributed by atoms with van der Waals surface area (Å²) in [5, 5.41) is 4.02. The van der Waals surface area contributed by atoms with Crippen LogP contribution in [0.2, 0.25) is 0 Å². The summed E-state index contributed by atoms with van der Waals surface area (Å²) in [4.78, 5) is 14.4. The second kappa shape index (κ2) is 7.11. The molecule has 0 atom stereocenters. The Labute approximate surface area is 148 Å². The van der Waals surface area contributed by atoms with Gasteiger partial charge in [-0.3, -0.25) is 4.79 Å². The molecule has 25 heavy (non-hydrogen) atoms. The van der Waals surface area contributed by atoms with Crippen LogP contribution in [0.3, 0.4) is 0 Å². The Kier molecular flexibility index (Phi) is 5.08. The third-order valence-electron chi connectivity index (χ3n) is 4.62. The van der Waals surface area contributed by atoms with Gasteiger partial charge in [0.1, 0.15) is 0 Å². The molecule has 0 fully saturated rings. The lowest BCUT2D eigenvalue weighted by Gasteiger charge is -2.17. The van der Waals surface area contributed by atoms with E-state index < -0.39 is 10.0 Å². The van der Waals surface area contributed by atoms with Gasteiger partial charge in [-0.2, -0.15) is 0 Å². The highest BCUT2D eigenvalue weighted by molar-refractivity contribution is 7.89. The second-order valence-corrected chi connectivity index (χ2v) is 7.81. The summed E-state index contributed by atoms with van der Waals surface area (Å²) in [7, 11) is -3.63. The fourth-order valence-corrected chi connectivity index (χ4v) is 4.50. The number of amides is 1. The van der Waals surface area contributed by atoms with Crippen molar-refractivity contribution < 1.29 is 13.2 Å². The van der Waals surface area contributed by atoms with Crippen LogP contribution < -0.4 is 10.0 Å². The van der Waals surface area contributed by atoms with E-state index in [1.54, 1.807) is 30.3 Å². The van der Waals surface area contributed by atoms with Gasteiger partial charge < -0.3 is 10.2 Å². The molecule has 1 aliphatic rings. The van der Waals surface area contributed by atoms with E-state index in [0.29, 0.717) is 28.6 Å². The fraction of sp³-hybridized carbons (Fsp3) is 0.389. The molecule has 6 nitrogen and oxygen atoms in total. The van der Waals surface area contributed by atoms with Crippen molar-refractivity contribution in [2.24, 2.45) is 0 Å². The molecule has 3 rings (SSSR count). The van der Waals surface area contributed by atoms with Crippen molar-refractivity contribution >= 4 is 32.4 Å². The molecule has 0 radical (unpaired) electrons. The lowest BCUT2D eigenvalue weighted by atomic mass is 10.1. The van der Waals surface area contributed by atoms with Crippen LogP contribution in [0.1, 0.15) is 30.6 Å². The van der Waals surface area contributed by atoms with Gasteiger partial charge in [0.15, 0.2) is 0 Å². The Hall–Kier alpha value is -1.96. The van der Waals surface area contributed by atoms with Gasteiger partial charge >= 0.3 is 0 Å². The van der Waals surface area contributed by atoms with Crippen LogP contribution >= 0.6 is 0 Å². The molecular weight excluding hydrogens is 338 g/mol. The number of benzene rings is 2. The van der Waals surface area contributed by atoms with Gasteiger partial charge in [-0.1, -0.05) is 26.0 Å². The molecule has 134 valence electrons. The van der Waals surface area contributed by atoms with Gasteiger partial charge in [0.2, 0.25) is 10.0 Å². The molecule has 1 aliphatic heterocycles. The third-order valence-corrected chi connectivity index (χ3v) is 6.14. The van der Waals surface area contributed by atoms with E-state index in [0.717, 1.165) is 26.1 Å². The number of carbonyl (C=O) groups excluding carboxylic acids is 1. The number of sulfonamides is 1. The zero-order valence-electron chi connectivity index (χ0n) is 14.5. The summed E-state index contributed by atoms with van der Waals surface area (Å²) in [6, 6.07) is 8.38. The number of rotatable bonds is 8. The average molecular weight is 361 g/mol. The minimum absolute atomic E-state index is 0.192. The van der Waals surface area contributed by atoms with E-state index in [2.05, 4.69) is 28.8 Å². The largest absolute Gasteiger partial charge is 0.321 e. The predicted octanol–water partition coefficient (Wildman–Crippen LogP) is 2.42. The van der Waals surface area contributed by atoms with Crippen molar-refractivity contribution in [2.75, 3.05) is 31.5 Å². The van der Waals surface area contributed by atoms with Gasteiger partial charge in [-0.15, -0.1) is 0 Å². The molecule has 0 saturated carbocycles. The van der Waals surface area contributed by atoms with Crippen LogP contribution in [0.4, 0.5) is 5.69 Å². The van der Waals surface area contributed by atoms with Crippen LogP contribution in [0.25, 0.3) is 10.8 Å². The van der Waals surface area contributed by atoms with Crippen molar-refractivity contribution in [3.8, 4) is 0 Å². The number of nitrogens with zero attached hydrogens (tertiary/aromatic N) is 1. The molecule has 7 heteroatoms. The quantitative estimate of drug-likeness (QED) is 0.708. The summed E-state index contributed by atoms with van der Waals surface area (Å²) in [5.41, 5.74) is 1.18. The molecule has 0 aromatic heterocycles. The number of nitrogens with one attached hydrogen (secondary N) is 2. The highest BCUT2D eigenvalue weighted by Gasteiger charge is 2.25. The molecule has 1 heterocycles. The lowest BCUT2D eigenvalue weighted by Crippen LogP contribution is -2.30. The van der Waals surface area contributed by atoms with Gasteiger partial charge in [0, 0.05) is 28.6 Å². The molecule has 2 aromatic rings. The molecule has 2 aromatic carbocycles. The van der Waals surface area contributed by atoms with Gasteiger partial charge in [-0.05, 0) is 44.3 Å². The molecule has 0 saturated heterocycles. The Morgan fingerprint density at radius 2 is 1.88 bits per heavy atom. The minimum atomic E-state index is -3.63. The zero-order valence-corrected chi connectivity index (χ0v) is 15.3. The maximum atomic E-state index is 12.7. The average Bonchev–Trinajstić information content (AvgIpc) is 2.93. The number of anilines is 1. The minimum Gasteiger partial charge on any atom is -0.321 e. The van der Waals surface area contributed by atoms with Gasteiger partial charge in [0.25, 0.3) is 5.91 Å². The summed E-state index contributed by atoms with van der Waals surface area (Å²) in [5.74, 6) is -0.192. The summed E-state index contributed by atoms with van der Waals surface area (Å²) < 4.78 is 28.1. The Morgan fingerprint density at radius 3 is 2.60 bits per heavy atom. The molecule has 0 spiro atoms. The predicted molar refractivity (Wildman–Crippen MR) is 99.5 cm³/mol. The highest BCUT2D eigenvalue weighted by atomic mass is 32.2. The van der Waals surface area contributed by atoms with Gasteiger partial charge in [-0.25, -0.2) is 13.1 Å². The molecule has 0 bridgehead atoms. The maximum absolute atomic E-state index is 12.7. The Balaban J connectivity index is 1.82. The first-order valence-corrected chi connectivity index (χ1v) is 10.1. The van der Waals surface area contributed by atoms with E-state index >= 15 is 0 Å². The van der Waals surface area contributed by atoms with Crippen molar-refractivity contribution in [3.05, 3.63) is 35.9 Å². The third kappa shape index (κ3) is 3.40. The van der Waals surface area contributed by atoms with E-state index in [9.17, 15) is 13.2 Å². The first-order chi connectivity index (χ1) is 12.0. The molecule has 0 unspecified atom stereocenters. The Bertz CT molecular complexity index is 905. The summed E-state index contributed by atoms with van der Waals surface area (Å²) in [6.07, 6.45) is 0.752. The number of hydrogen-bond acceptors (Lipinski definition) is 4. The zero-order chi connectivity index (χ0) is 18.0. The van der Waals surface area contributed by atoms with E-state index in [1.165, 1.54) is 0 Å². The summed E-state index contributed by atoms with van der Waals surface area (Å²) in [6.45, 7) is 7.35. The maximum Gasteiger partial charge on any atom is 0.256 e. The molecule has 2 N–H and O–H groups in total. The second-order valence-electron chi connectivity index (χ2n) is 6.07. The highest BCUT2D eigenvalue weighted by Crippen LogP contribution is 2.36. The van der Waals surface area contributed by atoms with Crippen molar-refractivity contribution in [1.82, 2.24) is 9.62 Å².